The van der Waals surface area contributed by atoms with Gasteiger partial charge in [-0.25, -0.2) is 0 Å². The molecule has 0 fully saturated rings. The molecule has 1 heterocycles. The highest BCUT2D eigenvalue weighted by Crippen LogP contribution is 2.23. The van der Waals surface area contributed by atoms with Crippen LogP contribution in [0.3, 0.4) is 0 Å². The second-order valence-corrected chi connectivity index (χ2v) is 5.37. The fourth-order valence-corrected chi connectivity index (χ4v) is 2.56. The molecule has 5 nitrogen and oxygen atoms in total. The van der Waals surface area contributed by atoms with Crippen molar-refractivity contribution in [3.05, 3.63) is 61.9 Å². The molecule has 0 amide bonds. The highest BCUT2D eigenvalue weighted by atomic mass is 79.9. The summed E-state index contributed by atoms with van der Waals surface area (Å²) in [4.78, 5) is 10.6. The van der Waals surface area contributed by atoms with Crippen LogP contribution in [0.4, 0.5) is 0 Å². The Kier molecular flexibility index (Phi) is 3.99. The van der Waals surface area contributed by atoms with Crippen molar-refractivity contribution in [3.63, 3.8) is 0 Å². The smallest absolute Gasteiger partial charge is 0.230 e. The van der Waals surface area contributed by atoms with Gasteiger partial charge in [0.2, 0.25) is 6.54 Å². The van der Waals surface area contributed by atoms with Crippen LogP contribution in [0.1, 0.15) is 23.0 Å². The SMILES string of the molecule is Cc1cc(C)n([C@@H](C[N+](=O)[O-])c2cccc(Br)c2)n1. The number of halogens is 1. The van der Waals surface area contributed by atoms with Crippen molar-refractivity contribution in [2.24, 2.45) is 0 Å². The van der Waals surface area contributed by atoms with Crippen molar-refractivity contribution in [2.75, 3.05) is 6.54 Å². The zero-order valence-corrected chi connectivity index (χ0v) is 12.3. The average molecular weight is 324 g/mol. The quantitative estimate of drug-likeness (QED) is 0.641. The minimum atomic E-state index is -0.388. The topological polar surface area (TPSA) is 61.0 Å². The van der Waals surface area contributed by atoms with Gasteiger partial charge in [0.15, 0.2) is 0 Å². The molecule has 0 aliphatic carbocycles. The molecule has 0 spiro atoms. The maximum atomic E-state index is 10.9. The van der Waals surface area contributed by atoms with Gasteiger partial charge in [0, 0.05) is 15.1 Å². The van der Waals surface area contributed by atoms with E-state index < -0.39 is 0 Å². The average Bonchev–Trinajstić information content (AvgIpc) is 2.65. The Hall–Kier alpha value is -1.69. The summed E-state index contributed by atoms with van der Waals surface area (Å²) >= 11 is 3.39. The molecule has 100 valence electrons. The number of nitrogens with zero attached hydrogens (tertiary/aromatic N) is 3. The van der Waals surface area contributed by atoms with Gasteiger partial charge in [0.05, 0.1) is 5.69 Å². The van der Waals surface area contributed by atoms with Gasteiger partial charge in [-0.05, 0) is 37.6 Å². The Labute approximate surface area is 119 Å². The predicted octanol–water partition coefficient (Wildman–Crippen LogP) is 3.13. The van der Waals surface area contributed by atoms with Gasteiger partial charge in [0.25, 0.3) is 0 Å². The normalized spacial score (nSPS) is 12.4. The van der Waals surface area contributed by atoms with Crippen LogP contribution in [0.15, 0.2) is 34.8 Å². The lowest BCUT2D eigenvalue weighted by molar-refractivity contribution is -0.484. The molecule has 2 aromatic rings. The molecule has 0 unspecified atom stereocenters. The molecule has 1 atom stereocenters. The summed E-state index contributed by atoms with van der Waals surface area (Å²) < 4.78 is 2.62. The molecule has 0 saturated carbocycles. The van der Waals surface area contributed by atoms with Gasteiger partial charge in [-0.2, -0.15) is 5.10 Å². The number of benzene rings is 1. The third kappa shape index (κ3) is 3.20. The van der Waals surface area contributed by atoms with Gasteiger partial charge in [-0.1, -0.05) is 28.1 Å². The molecular formula is C13H14BrN3O2. The van der Waals surface area contributed by atoms with Crippen molar-refractivity contribution < 1.29 is 4.92 Å². The number of aromatic nitrogens is 2. The van der Waals surface area contributed by atoms with Crippen LogP contribution in [0.5, 0.6) is 0 Å². The van der Waals surface area contributed by atoms with E-state index in [1.807, 2.05) is 44.2 Å². The fraction of sp³-hybridized carbons (Fsp3) is 0.308. The van der Waals surface area contributed by atoms with E-state index in [1.165, 1.54) is 0 Å². The molecule has 0 N–H and O–H groups in total. The van der Waals surface area contributed by atoms with E-state index in [9.17, 15) is 10.1 Å². The Morgan fingerprint density at radius 2 is 2.16 bits per heavy atom. The van der Waals surface area contributed by atoms with Gasteiger partial charge >= 0.3 is 0 Å². The van der Waals surface area contributed by atoms with Gasteiger partial charge < -0.3 is 0 Å². The van der Waals surface area contributed by atoms with Crippen LogP contribution < -0.4 is 0 Å². The van der Waals surface area contributed by atoms with Crippen molar-refractivity contribution in [1.82, 2.24) is 9.78 Å². The predicted molar refractivity (Wildman–Crippen MR) is 75.8 cm³/mol. The molecule has 1 aromatic carbocycles. The van der Waals surface area contributed by atoms with E-state index in [-0.39, 0.29) is 17.5 Å². The summed E-state index contributed by atoms with van der Waals surface area (Å²) in [6.07, 6.45) is 0. The summed E-state index contributed by atoms with van der Waals surface area (Å²) in [5.74, 6) is 0. The standard InChI is InChI=1S/C13H14BrN3O2/c1-9-6-10(2)17(15-9)13(8-16(18)19)11-4-3-5-12(14)7-11/h3-7,13H,8H2,1-2H3/t13-/m0/s1. The molecule has 2 rings (SSSR count). The van der Waals surface area contributed by atoms with Crippen molar-refractivity contribution >= 4 is 15.9 Å². The Bertz CT molecular complexity index is 610. The van der Waals surface area contributed by atoms with Gasteiger partial charge in [0.1, 0.15) is 6.04 Å². The highest BCUT2D eigenvalue weighted by molar-refractivity contribution is 9.10. The van der Waals surface area contributed by atoms with Crippen LogP contribution in [0.2, 0.25) is 0 Å². The number of hydrogen-bond acceptors (Lipinski definition) is 3. The zero-order valence-electron chi connectivity index (χ0n) is 10.7. The lowest BCUT2D eigenvalue weighted by Gasteiger charge is -2.16. The molecule has 1 aromatic heterocycles. The number of hydrogen-bond donors (Lipinski definition) is 0. The largest absolute Gasteiger partial charge is 0.264 e. The lowest BCUT2D eigenvalue weighted by Crippen LogP contribution is -2.22. The van der Waals surface area contributed by atoms with E-state index >= 15 is 0 Å². The number of aryl methyl sites for hydroxylation is 2. The Morgan fingerprint density at radius 3 is 2.68 bits per heavy atom. The fourth-order valence-electron chi connectivity index (χ4n) is 2.14. The number of nitro groups is 1. The van der Waals surface area contributed by atoms with Crippen molar-refractivity contribution in [3.8, 4) is 0 Å². The van der Waals surface area contributed by atoms with E-state index in [4.69, 9.17) is 0 Å². The highest BCUT2D eigenvalue weighted by Gasteiger charge is 2.22. The van der Waals surface area contributed by atoms with E-state index in [1.54, 1.807) is 4.68 Å². The van der Waals surface area contributed by atoms with Crippen molar-refractivity contribution in [1.29, 1.82) is 0 Å². The van der Waals surface area contributed by atoms with Crippen LogP contribution in [-0.2, 0) is 0 Å². The molecular weight excluding hydrogens is 310 g/mol. The third-order valence-corrected chi connectivity index (χ3v) is 3.39. The Morgan fingerprint density at radius 1 is 1.42 bits per heavy atom. The first kappa shape index (κ1) is 13.7. The minimum absolute atomic E-state index is 0.182. The van der Waals surface area contributed by atoms with Crippen molar-refractivity contribution in [2.45, 2.75) is 19.9 Å². The minimum Gasteiger partial charge on any atom is -0.264 e. The first-order chi connectivity index (χ1) is 8.97. The molecule has 0 bridgehead atoms. The van der Waals surface area contributed by atoms with E-state index in [2.05, 4.69) is 21.0 Å². The van der Waals surface area contributed by atoms with E-state index in [0.29, 0.717) is 0 Å². The van der Waals surface area contributed by atoms with Crippen LogP contribution in [-0.4, -0.2) is 21.2 Å². The van der Waals surface area contributed by atoms with Crippen LogP contribution >= 0.6 is 15.9 Å². The van der Waals surface area contributed by atoms with Crippen LogP contribution in [0, 0.1) is 24.0 Å². The van der Waals surface area contributed by atoms with Crippen LogP contribution in [0.25, 0.3) is 0 Å². The maximum Gasteiger partial charge on any atom is 0.230 e. The van der Waals surface area contributed by atoms with Gasteiger partial charge in [-0.3, -0.25) is 14.8 Å². The zero-order chi connectivity index (χ0) is 14.0. The Balaban J connectivity index is 2.47. The molecule has 19 heavy (non-hydrogen) atoms. The monoisotopic (exact) mass is 323 g/mol. The summed E-state index contributed by atoms with van der Waals surface area (Å²) in [7, 11) is 0. The first-order valence-electron chi connectivity index (χ1n) is 5.87. The third-order valence-electron chi connectivity index (χ3n) is 2.90. The lowest BCUT2D eigenvalue weighted by atomic mass is 10.1. The molecule has 0 aliphatic rings. The van der Waals surface area contributed by atoms with E-state index in [0.717, 1.165) is 21.4 Å². The summed E-state index contributed by atoms with van der Waals surface area (Å²) in [5.41, 5.74) is 2.66. The second-order valence-electron chi connectivity index (χ2n) is 4.46. The molecule has 6 heteroatoms. The summed E-state index contributed by atoms with van der Waals surface area (Å²) in [6, 6.07) is 9.08. The summed E-state index contributed by atoms with van der Waals surface area (Å²) in [6.45, 7) is 3.61. The molecule has 0 saturated heterocycles. The molecule has 0 aliphatic heterocycles. The maximum absolute atomic E-state index is 10.9. The van der Waals surface area contributed by atoms with Gasteiger partial charge in [-0.15, -0.1) is 0 Å². The molecule has 0 radical (unpaired) electrons. The summed E-state index contributed by atoms with van der Waals surface area (Å²) in [5, 5.41) is 15.3. The first-order valence-corrected chi connectivity index (χ1v) is 6.66. The number of rotatable bonds is 4. The second kappa shape index (κ2) is 5.52.